The number of halogens is 3. The minimum absolute atomic E-state index is 0.109. The predicted molar refractivity (Wildman–Crippen MR) is 65.7 cm³/mol. The summed E-state index contributed by atoms with van der Waals surface area (Å²) in [7, 11) is 0. The molecule has 2 rings (SSSR count). The molecule has 0 unspecified atom stereocenters. The summed E-state index contributed by atoms with van der Waals surface area (Å²) in [6, 6.07) is 9.99. The van der Waals surface area contributed by atoms with E-state index in [4.69, 9.17) is 0 Å². The first-order valence-electron chi connectivity index (χ1n) is 5.87. The summed E-state index contributed by atoms with van der Waals surface area (Å²) in [5, 5.41) is 0. The molecule has 0 bridgehead atoms. The summed E-state index contributed by atoms with van der Waals surface area (Å²) in [4.78, 5) is 0. The Bertz CT molecular complexity index is 547. The van der Waals surface area contributed by atoms with Crippen molar-refractivity contribution in [2.24, 2.45) is 0 Å². The van der Waals surface area contributed by atoms with Gasteiger partial charge in [0.05, 0.1) is 0 Å². The molecule has 18 heavy (non-hydrogen) atoms. The predicted octanol–water partition coefficient (Wildman–Crippen LogP) is 4.72. The molecule has 0 fully saturated rings. The van der Waals surface area contributed by atoms with Crippen molar-refractivity contribution in [2.45, 2.75) is 19.8 Å². The van der Waals surface area contributed by atoms with E-state index >= 15 is 0 Å². The monoisotopic (exact) mass is 250 g/mol. The molecular formula is C15H13F3. The van der Waals surface area contributed by atoms with E-state index in [1.54, 1.807) is 30.3 Å². The Hall–Kier alpha value is -1.77. The van der Waals surface area contributed by atoms with Crippen molar-refractivity contribution < 1.29 is 13.2 Å². The molecule has 0 saturated carbocycles. The number of aryl methyl sites for hydroxylation is 1. The van der Waals surface area contributed by atoms with Crippen molar-refractivity contribution in [3.05, 3.63) is 59.4 Å². The van der Waals surface area contributed by atoms with Crippen LogP contribution in [0.25, 0.3) is 11.1 Å². The van der Waals surface area contributed by atoms with Gasteiger partial charge in [-0.05, 0) is 23.6 Å². The van der Waals surface area contributed by atoms with Gasteiger partial charge in [-0.2, -0.15) is 0 Å². The fourth-order valence-electron chi connectivity index (χ4n) is 1.94. The van der Waals surface area contributed by atoms with Crippen LogP contribution in [-0.2, 0) is 6.42 Å². The second kappa shape index (κ2) is 5.25. The molecule has 94 valence electrons. The van der Waals surface area contributed by atoms with Crippen LogP contribution in [0.4, 0.5) is 13.2 Å². The van der Waals surface area contributed by atoms with Crippen molar-refractivity contribution in [3.8, 4) is 11.1 Å². The smallest absolute Gasteiger partial charge is 0.195 e. The Labute approximate surface area is 104 Å². The van der Waals surface area contributed by atoms with E-state index in [1.807, 2.05) is 6.92 Å². The van der Waals surface area contributed by atoms with Crippen LogP contribution in [0, 0.1) is 17.5 Å². The van der Waals surface area contributed by atoms with E-state index in [2.05, 4.69) is 0 Å². The highest BCUT2D eigenvalue weighted by Crippen LogP contribution is 2.28. The molecule has 0 aromatic heterocycles. The molecule has 0 amide bonds. The lowest BCUT2D eigenvalue weighted by Crippen LogP contribution is -2.00. The van der Waals surface area contributed by atoms with Crippen molar-refractivity contribution in [1.82, 2.24) is 0 Å². The fraction of sp³-hybridized carbons (Fsp3) is 0.200. The van der Waals surface area contributed by atoms with Gasteiger partial charge >= 0.3 is 0 Å². The molecule has 3 heteroatoms. The Morgan fingerprint density at radius 2 is 1.56 bits per heavy atom. The van der Waals surface area contributed by atoms with Crippen molar-refractivity contribution in [3.63, 3.8) is 0 Å². The molecule has 0 aliphatic heterocycles. The normalized spacial score (nSPS) is 10.7. The standard InChI is InChI=1S/C15H13F3/c1-2-6-11-9-12(10-7-4-3-5-8-10)14(17)15(18)13(11)16/h3-5,7-9H,2,6H2,1H3. The summed E-state index contributed by atoms with van der Waals surface area (Å²) < 4.78 is 40.8. The first kappa shape index (κ1) is 12.7. The van der Waals surface area contributed by atoms with Gasteiger partial charge in [0.2, 0.25) is 0 Å². The minimum atomic E-state index is -1.39. The van der Waals surface area contributed by atoms with Gasteiger partial charge in [0.15, 0.2) is 17.5 Å². The summed E-state index contributed by atoms with van der Waals surface area (Å²) >= 11 is 0. The van der Waals surface area contributed by atoms with Crippen molar-refractivity contribution >= 4 is 0 Å². The lowest BCUT2D eigenvalue weighted by atomic mass is 9.99. The molecule has 0 aliphatic carbocycles. The van der Waals surface area contributed by atoms with Gasteiger partial charge in [-0.25, -0.2) is 13.2 Å². The van der Waals surface area contributed by atoms with Crippen LogP contribution < -0.4 is 0 Å². The van der Waals surface area contributed by atoms with Gasteiger partial charge in [-0.15, -0.1) is 0 Å². The minimum Gasteiger partial charge on any atom is -0.203 e. The molecular weight excluding hydrogens is 237 g/mol. The second-order valence-corrected chi connectivity index (χ2v) is 4.14. The third kappa shape index (κ3) is 2.26. The third-order valence-corrected chi connectivity index (χ3v) is 2.83. The molecule has 0 aliphatic rings. The van der Waals surface area contributed by atoms with Crippen LogP contribution in [0.3, 0.4) is 0 Å². The quantitative estimate of drug-likeness (QED) is 0.691. The zero-order chi connectivity index (χ0) is 13.1. The highest BCUT2D eigenvalue weighted by molar-refractivity contribution is 5.65. The zero-order valence-corrected chi connectivity index (χ0v) is 10.0. The van der Waals surface area contributed by atoms with Gasteiger partial charge in [0.1, 0.15) is 0 Å². The Balaban J connectivity index is 2.61. The highest BCUT2D eigenvalue weighted by atomic mass is 19.2. The van der Waals surface area contributed by atoms with Crippen LogP contribution in [0.1, 0.15) is 18.9 Å². The van der Waals surface area contributed by atoms with Crippen LogP contribution in [0.5, 0.6) is 0 Å². The summed E-state index contributed by atoms with van der Waals surface area (Å²) in [5.74, 6) is -3.59. The van der Waals surface area contributed by atoms with Crippen molar-refractivity contribution in [1.29, 1.82) is 0 Å². The highest BCUT2D eigenvalue weighted by Gasteiger charge is 2.18. The number of hydrogen-bond acceptors (Lipinski definition) is 0. The van der Waals surface area contributed by atoms with Crippen LogP contribution in [0.2, 0.25) is 0 Å². The Morgan fingerprint density at radius 3 is 2.17 bits per heavy atom. The molecule has 0 nitrogen and oxygen atoms in total. The number of hydrogen-bond donors (Lipinski definition) is 0. The summed E-state index contributed by atoms with van der Waals surface area (Å²) in [6.07, 6.45) is 1.07. The van der Waals surface area contributed by atoms with Gasteiger partial charge in [0, 0.05) is 5.56 Å². The van der Waals surface area contributed by atoms with Crippen LogP contribution >= 0.6 is 0 Å². The van der Waals surface area contributed by atoms with Crippen LogP contribution in [-0.4, -0.2) is 0 Å². The van der Waals surface area contributed by atoms with E-state index in [0.717, 1.165) is 0 Å². The topological polar surface area (TPSA) is 0 Å². The van der Waals surface area contributed by atoms with Gasteiger partial charge < -0.3 is 0 Å². The van der Waals surface area contributed by atoms with Gasteiger partial charge in [-0.1, -0.05) is 43.7 Å². The molecule has 2 aromatic carbocycles. The lowest BCUT2D eigenvalue weighted by molar-refractivity contribution is 0.442. The molecule has 2 aromatic rings. The first-order chi connectivity index (χ1) is 8.65. The SMILES string of the molecule is CCCc1cc(-c2ccccc2)c(F)c(F)c1F. The van der Waals surface area contributed by atoms with E-state index in [0.29, 0.717) is 18.4 Å². The Kier molecular flexibility index (Phi) is 3.70. The molecule has 0 atom stereocenters. The largest absolute Gasteiger partial charge is 0.203 e. The van der Waals surface area contributed by atoms with E-state index in [9.17, 15) is 13.2 Å². The second-order valence-electron chi connectivity index (χ2n) is 4.14. The number of benzene rings is 2. The van der Waals surface area contributed by atoms with Gasteiger partial charge in [0.25, 0.3) is 0 Å². The maximum atomic E-state index is 13.8. The lowest BCUT2D eigenvalue weighted by Gasteiger charge is -2.09. The van der Waals surface area contributed by atoms with Gasteiger partial charge in [-0.3, -0.25) is 0 Å². The van der Waals surface area contributed by atoms with E-state index in [1.165, 1.54) is 6.07 Å². The van der Waals surface area contributed by atoms with Crippen molar-refractivity contribution in [2.75, 3.05) is 0 Å². The molecule has 0 saturated heterocycles. The average Bonchev–Trinajstić information content (AvgIpc) is 2.40. The molecule has 0 N–H and O–H groups in total. The summed E-state index contributed by atoms with van der Waals surface area (Å²) in [6.45, 7) is 1.86. The number of rotatable bonds is 3. The molecule has 0 heterocycles. The fourth-order valence-corrected chi connectivity index (χ4v) is 1.94. The Morgan fingerprint density at radius 1 is 0.889 bits per heavy atom. The third-order valence-electron chi connectivity index (χ3n) is 2.83. The maximum Gasteiger partial charge on any atom is 0.195 e. The molecule has 0 spiro atoms. The maximum absolute atomic E-state index is 13.8. The van der Waals surface area contributed by atoms with Crippen LogP contribution in [0.15, 0.2) is 36.4 Å². The zero-order valence-electron chi connectivity index (χ0n) is 10.0. The molecule has 0 radical (unpaired) electrons. The average molecular weight is 250 g/mol. The van der Waals surface area contributed by atoms with E-state index < -0.39 is 17.5 Å². The van der Waals surface area contributed by atoms with E-state index in [-0.39, 0.29) is 11.1 Å². The first-order valence-corrected chi connectivity index (χ1v) is 5.87. The summed E-state index contributed by atoms with van der Waals surface area (Å²) in [5.41, 5.74) is 0.874.